The average molecular weight is 477 g/mol. The first kappa shape index (κ1) is 22.3. The molecule has 0 bridgehead atoms. The minimum Gasteiger partial charge on any atom is -0.448 e. The Balaban J connectivity index is 1.50. The van der Waals surface area contributed by atoms with E-state index in [1.807, 2.05) is 0 Å². The third kappa shape index (κ3) is 4.67. The van der Waals surface area contributed by atoms with Crippen LogP contribution in [0.5, 0.6) is 0 Å². The van der Waals surface area contributed by atoms with E-state index in [4.69, 9.17) is 4.74 Å². The normalized spacial score (nSPS) is 14.3. The van der Waals surface area contributed by atoms with Gasteiger partial charge in [-0.1, -0.05) is 0 Å². The van der Waals surface area contributed by atoms with Crippen LogP contribution in [-0.4, -0.2) is 45.4 Å². The van der Waals surface area contributed by atoms with Gasteiger partial charge in [0.15, 0.2) is 22.6 Å². The van der Waals surface area contributed by atoms with E-state index in [-0.39, 0.29) is 17.1 Å². The van der Waals surface area contributed by atoms with Gasteiger partial charge in [-0.3, -0.25) is 14.5 Å². The molecule has 1 aromatic carbocycles. The van der Waals surface area contributed by atoms with Gasteiger partial charge in [0.1, 0.15) is 6.54 Å². The van der Waals surface area contributed by atoms with Gasteiger partial charge in [0.25, 0.3) is 5.91 Å². The maximum atomic E-state index is 13.0. The second-order valence-electron chi connectivity index (χ2n) is 6.86. The van der Waals surface area contributed by atoms with Crippen molar-refractivity contribution in [1.82, 2.24) is 15.0 Å². The van der Waals surface area contributed by atoms with Crippen LogP contribution in [0.15, 0.2) is 42.0 Å². The van der Waals surface area contributed by atoms with Gasteiger partial charge in [0.05, 0.1) is 16.9 Å². The van der Waals surface area contributed by atoms with Gasteiger partial charge >= 0.3 is 12.1 Å². The van der Waals surface area contributed by atoms with Crippen LogP contribution in [0.1, 0.15) is 23.0 Å². The van der Waals surface area contributed by atoms with Crippen molar-refractivity contribution in [1.29, 1.82) is 0 Å². The van der Waals surface area contributed by atoms with E-state index in [0.29, 0.717) is 10.8 Å². The van der Waals surface area contributed by atoms with Crippen LogP contribution in [-0.2, 0) is 20.5 Å². The first-order valence-corrected chi connectivity index (χ1v) is 10.3. The summed E-state index contributed by atoms with van der Waals surface area (Å²) in [5.41, 5.74) is -1.14. The van der Waals surface area contributed by atoms with Crippen LogP contribution in [0.2, 0.25) is 0 Å². The molecule has 0 aliphatic carbocycles. The summed E-state index contributed by atoms with van der Waals surface area (Å²) >= 11 is 1.11. The molecule has 13 heteroatoms. The molecule has 0 spiro atoms. The number of aromatic nitrogens is 3. The molecule has 1 unspecified atom stereocenters. The van der Waals surface area contributed by atoms with Gasteiger partial charge in [0.2, 0.25) is 5.91 Å². The lowest BCUT2D eigenvalue weighted by Gasteiger charge is -2.31. The van der Waals surface area contributed by atoms with E-state index in [2.05, 4.69) is 20.3 Å². The van der Waals surface area contributed by atoms with Crippen molar-refractivity contribution in [3.05, 3.63) is 53.3 Å². The number of halogens is 3. The van der Waals surface area contributed by atoms with E-state index < -0.39 is 42.2 Å². The van der Waals surface area contributed by atoms with Crippen molar-refractivity contribution in [3.8, 4) is 10.8 Å². The lowest BCUT2D eigenvalue weighted by atomic mass is 10.1. The summed E-state index contributed by atoms with van der Waals surface area (Å²) in [5, 5.41) is 4.12. The summed E-state index contributed by atoms with van der Waals surface area (Å²) in [6, 6.07) is 4.25. The first-order chi connectivity index (χ1) is 15.6. The van der Waals surface area contributed by atoms with Gasteiger partial charge in [-0.25, -0.2) is 19.7 Å². The second-order valence-corrected chi connectivity index (χ2v) is 7.72. The van der Waals surface area contributed by atoms with E-state index in [0.717, 1.165) is 34.4 Å². The highest BCUT2D eigenvalue weighted by Crippen LogP contribution is 2.37. The number of nitrogens with zero attached hydrogens (tertiary/aromatic N) is 4. The Morgan fingerprint density at radius 1 is 1.24 bits per heavy atom. The smallest absolute Gasteiger partial charge is 0.416 e. The molecule has 9 nitrogen and oxygen atoms in total. The minimum atomic E-state index is -4.62. The number of anilines is 2. The van der Waals surface area contributed by atoms with Gasteiger partial charge in [-0.2, -0.15) is 13.2 Å². The number of hydrogen-bond donors (Lipinski definition) is 1. The molecular formula is C20H14F3N5O4S. The van der Waals surface area contributed by atoms with Crippen LogP contribution in [0.25, 0.3) is 10.8 Å². The van der Waals surface area contributed by atoms with Crippen LogP contribution in [0.3, 0.4) is 0 Å². The van der Waals surface area contributed by atoms with Gasteiger partial charge in [0, 0.05) is 17.8 Å². The van der Waals surface area contributed by atoms with Crippen LogP contribution in [0.4, 0.5) is 24.5 Å². The molecule has 4 rings (SSSR count). The first-order valence-electron chi connectivity index (χ1n) is 9.40. The Morgan fingerprint density at radius 3 is 2.67 bits per heavy atom. The zero-order valence-electron chi connectivity index (χ0n) is 16.8. The maximum absolute atomic E-state index is 13.0. The molecular weight excluding hydrogens is 463 g/mol. The monoisotopic (exact) mass is 477 g/mol. The van der Waals surface area contributed by atoms with Crippen LogP contribution < -0.4 is 10.2 Å². The number of thiazole rings is 1. The number of ether oxygens (including phenoxy) is 1. The molecule has 1 N–H and O–H groups in total. The number of fused-ring (bicyclic) bond motifs is 1. The number of esters is 1. The predicted octanol–water partition coefficient (Wildman–Crippen LogP) is 3.15. The molecule has 0 saturated heterocycles. The molecule has 1 aliphatic rings. The number of carbonyl (C=O) groups excluding carboxylic acids is 3. The van der Waals surface area contributed by atoms with E-state index in [9.17, 15) is 27.6 Å². The lowest BCUT2D eigenvalue weighted by molar-refractivity contribution is -0.137. The molecule has 0 saturated carbocycles. The largest absolute Gasteiger partial charge is 0.448 e. The summed E-state index contributed by atoms with van der Waals surface area (Å²) in [6.07, 6.45) is -2.91. The third-order valence-electron chi connectivity index (χ3n) is 4.56. The molecule has 1 atom stereocenters. The molecule has 2 aromatic heterocycles. The molecule has 0 radical (unpaired) electrons. The SMILES string of the molecule is CC(OC(=O)c1csc(-c2ncccn2)n1)C(=O)N1CC(=O)Nc2cc(C(F)(F)F)ccc21. The molecule has 3 heterocycles. The molecule has 1 aliphatic heterocycles. The van der Waals surface area contributed by atoms with E-state index >= 15 is 0 Å². The zero-order valence-corrected chi connectivity index (χ0v) is 17.6. The van der Waals surface area contributed by atoms with Gasteiger partial charge in [-0.15, -0.1) is 11.3 Å². The lowest BCUT2D eigenvalue weighted by Crippen LogP contribution is -2.47. The Hall–Kier alpha value is -3.87. The van der Waals surface area contributed by atoms with E-state index in [1.54, 1.807) is 6.07 Å². The number of carbonyl (C=O) groups is 3. The highest BCUT2D eigenvalue weighted by molar-refractivity contribution is 7.13. The number of hydrogen-bond acceptors (Lipinski definition) is 8. The Morgan fingerprint density at radius 2 is 1.97 bits per heavy atom. The van der Waals surface area contributed by atoms with E-state index in [1.165, 1.54) is 24.7 Å². The third-order valence-corrected chi connectivity index (χ3v) is 5.40. The predicted molar refractivity (Wildman–Crippen MR) is 110 cm³/mol. The highest BCUT2D eigenvalue weighted by Gasteiger charge is 2.35. The molecule has 3 aromatic rings. The Bertz CT molecular complexity index is 1230. The van der Waals surface area contributed by atoms with Gasteiger partial charge < -0.3 is 10.1 Å². The molecule has 170 valence electrons. The van der Waals surface area contributed by atoms with Crippen molar-refractivity contribution in [2.24, 2.45) is 0 Å². The van der Waals surface area contributed by atoms with Crippen molar-refractivity contribution in [2.45, 2.75) is 19.2 Å². The summed E-state index contributed by atoms with van der Waals surface area (Å²) in [5.74, 6) is -2.02. The molecule has 0 fully saturated rings. The highest BCUT2D eigenvalue weighted by atomic mass is 32.1. The average Bonchev–Trinajstić information content (AvgIpc) is 3.28. The number of rotatable bonds is 4. The van der Waals surface area contributed by atoms with Gasteiger partial charge in [-0.05, 0) is 31.2 Å². The summed E-state index contributed by atoms with van der Waals surface area (Å²) in [7, 11) is 0. The number of amides is 2. The van der Waals surface area contributed by atoms with Crippen LogP contribution in [0, 0.1) is 0 Å². The maximum Gasteiger partial charge on any atom is 0.416 e. The fraction of sp³-hybridized carbons (Fsp3) is 0.200. The summed E-state index contributed by atoms with van der Waals surface area (Å²) in [4.78, 5) is 50.5. The van der Waals surface area contributed by atoms with Crippen LogP contribution >= 0.6 is 11.3 Å². The second kappa shape index (κ2) is 8.58. The minimum absolute atomic E-state index is 0.0614. The van der Waals surface area contributed by atoms with Crippen molar-refractivity contribution < 1.29 is 32.3 Å². The number of nitrogens with one attached hydrogen (secondary N) is 1. The Kier molecular flexibility index (Phi) is 5.80. The topological polar surface area (TPSA) is 114 Å². The van der Waals surface area contributed by atoms with Crippen molar-refractivity contribution >= 4 is 40.5 Å². The fourth-order valence-electron chi connectivity index (χ4n) is 3.03. The molecule has 2 amide bonds. The zero-order chi connectivity index (χ0) is 23.8. The molecule has 33 heavy (non-hydrogen) atoms. The number of benzene rings is 1. The summed E-state index contributed by atoms with van der Waals surface area (Å²) in [6.45, 7) is 0.857. The quantitative estimate of drug-likeness (QED) is 0.574. The summed E-state index contributed by atoms with van der Waals surface area (Å²) < 4.78 is 44.2. The number of alkyl halides is 3. The van der Waals surface area contributed by atoms with Crippen molar-refractivity contribution in [2.75, 3.05) is 16.8 Å². The van der Waals surface area contributed by atoms with Crippen molar-refractivity contribution in [3.63, 3.8) is 0 Å². The Labute approximate surface area is 188 Å². The fourth-order valence-corrected chi connectivity index (χ4v) is 3.77. The standard InChI is InChI=1S/C20H14F3N5O4S/c1-10(32-19(31)13-9-33-17(27-13)16-24-5-2-6-25-16)18(30)28-8-15(29)26-12-7-11(20(21,22)23)3-4-14(12)28/h2-7,9-10H,8H2,1H3,(H,26,29).